The van der Waals surface area contributed by atoms with Crippen LogP contribution in [0.25, 0.3) is 0 Å². The summed E-state index contributed by atoms with van der Waals surface area (Å²) in [6.07, 6.45) is 9.26. The third-order valence-electron chi connectivity index (χ3n) is 5.05. The first-order chi connectivity index (χ1) is 9.29. The predicted octanol–water partition coefficient (Wildman–Crippen LogP) is 2.84. The summed E-state index contributed by atoms with van der Waals surface area (Å²) < 4.78 is 4.49. The highest BCUT2D eigenvalue weighted by Gasteiger charge is 2.36. The number of hydrogen-bond donors (Lipinski definition) is 1. The summed E-state index contributed by atoms with van der Waals surface area (Å²) >= 11 is 1.55. The summed E-state index contributed by atoms with van der Waals surface area (Å²) in [5.74, 6) is 1.75. The van der Waals surface area contributed by atoms with Gasteiger partial charge >= 0.3 is 0 Å². The highest BCUT2D eigenvalue weighted by atomic mass is 32.1. The number of aromatic nitrogens is 2. The second-order valence-electron chi connectivity index (χ2n) is 6.45. The SMILES string of the molecule is CN1C2CCCC1CC(Nc1nc(C3CC3)ns1)C2. The molecule has 1 aliphatic carbocycles. The molecule has 1 aromatic heterocycles. The van der Waals surface area contributed by atoms with Gasteiger partial charge in [0.15, 0.2) is 0 Å². The molecule has 2 aliphatic heterocycles. The fourth-order valence-electron chi connectivity index (χ4n) is 3.71. The summed E-state index contributed by atoms with van der Waals surface area (Å²) in [7, 11) is 2.31. The number of piperidine rings is 2. The fraction of sp³-hybridized carbons (Fsp3) is 0.857. The lowest BCUT2D eigenvalue weighted by molar-refractivity contribution is 0.0608. The van der Waals surface area contributed by atoms with E-state index in [-0.39, 0.29) is 0 Å². The van der Waals surface area contributed by atoms with Gasteiger partial charge in [0.05, 0.1) is 0 Å². The van der Waals surface area contributed by atoms with Crippen molar-refractivity contribution in [2.75, 3.05) is 12.4 Å². The zero-order valence-electron chi connectivity index (χ0n) is 11.5. The van der Waals surface area contributed by atoms with E-state index in [2.05, 4.69) is 26.6 Å². The van der Waals surface area contributed by atoms with Gasteiger partial charge in [-0.3, -0.25) is 0 Å². The standard InChI is InChI=1S/C14H22N4S/c1-18-11-3-2-4-12(18)8-10(7-11)15-14-16-13(17-19-14)9-5-6-9/h9-12H,2-8H2,1H3,(H,15,16,17). The fourth-order valence-corrected chi connectivity index (χ4v) is 4.43. The third kappa shape index (κ3) is 2.38. The molecule has 1 saturated carbocycles. The van der Waals surface area contributed by atoms with Crippen LogP contribution in [0.2, 0.25) is 0 Å². The molecule has 1 N–H and O–H groups in total. The van der Waals surface area contributed by atoms with Crippen molar-refractivity contribution in [1.29, 1.82) is 0 Å². The molecule has 5 heteroatoms. The number of anilines is 1. The van der Waals surface area contributed by atoms with E-state index in [1.807, 2.05) is 0 Å². The Morgan fingerprint density at radius 2 is 1.89 bits per heavy atom. The average molecular weight is 278 g/mol. The van der Waals surface area contributed by atoms with Crippen LogP contribution < -0.4 is 5.32 Å². The Bertz CT molecular complexity index is 442. The molecular weight excluding hydrogens is 256 g/mol. The summed E-state index contributed by atoms with van der Waals surface area (Å²) in [5.41, 5.74) is 0. The summed E-state index contributed by atoms with van der Waals surface area (Å²) in [6, 6.07) is 2.16. The molecule has 0 aromatic carbocycles. The largest absolute Gasteiger partial charge is 0.357 e. The second-order valence-corrected chi connectivity index (χ2v) is 7.20. The first kappa shape index (κ1) is 12.1. The normalized spacial score (nSPS) is 35.3. The molecule has 1 aromatic rings. The molecule has 3 heterocycles. The minimum Gasteiger partial charge on any atom is -0.357 e. The van der Waals surface area contributed by atoms with Crippen LogP contribution in [0.4, 0.5) is 5.13 Å². The first-order valence-electron chi connectivity index (χ1n) is 7.61. The highest BCUT2D eigenvalue weighted by Crippen LogP contribution is 2.40. The molecule has 3 fully saturated rings. The summed E-state index contributed by atoms with van der Waals surface area (Å²) in [6.45, 7) is 0. The molecule has 3 aliphatic rings. The Hall–Kier alpha value is -0.680. The Morgan fingerprint density at radius 3 is 2.58 bits per heavy atom. The Labute approximate surface area is 118 Å². The maximum atomic E-state index is 4.66. The van der Waals surface area contributed by atoms with Crippen molar-refractivity contribution in [3.8, 4) is 0 Å². The minimum absolute atomic E-state index is 0.603. The van der Waals surface area contributed by atoms with Gasteiger partial charge in [0, 0.05) is 35.6 Å². The Morgan fingerprint density at radius 1 is 1.16 bits per heavy atom. The van der Waals surface area contributed by atoms with E-state index in [0.29, 0.717) is 12.0 Å². The quantitative estimate of drug-likeness (QED) is 0.923. The lowest BCUT2D eigenvalue weighted by Gasteiger charge is -2.47. The Balaban J connectivity index is 1.42. The first-order valence-corrected chi connectivity index (χ1v) is 8.39. The van der Waals surface area contributed by atoms with E-state index in [1.165, 1.54) is 44.9 Å². The molecule has 0 amide bonds. The maximum Gasteiger partial charge on any atom is 0.202 e. The molecule has 0 radical (unpaired) electrons. The molecule has 2 unspecified atom stereocenters. The molecule has 4 rings (SSSR count). The third-order valence-corrected chi connectivity index (χ3v) is 5.71. The maximum absolute atomic E-state index is 4.66. The van der Waals surface area contributed by atoms with E-state index >= 15 is 0 Å². The summed E-state index contributed by atoms with van der Waals surface area (Å²) in [4.78, 5) is 7.27. The van der Waals surface area contributed by atoms with Crippen molar-refractivity contribution < 1.29 is 0 Å². The van der Waals surface area contributed by atoms with Gasteiger partial charge in [-0.25, -0.2) is 4.98 Å². The zero-order chi connectivity index (χ0) is 12.8. The highest BCUT2D eigenvalue weighted by molar-refractivity contribution is 7.09. The van der Waals surface area contributed by atoms with Gasteiger partial charge in [0.2, 0.25) is 5.13 Å². The molecule has 2 bridgehead atoms. The topological polar surface area (TPSA) is 41.0 Å². The van der Waals surface area contributed by atoms with Crippen molar-refractivity contribution in [3.63, 3.8) is 0 Å². The van der Waals surface area contributed by atoms with Crippen LogP contribution in [0.3, 0.4) is 0 Å². The van der Waals surface area contributed by atoms with E-state index in [0.717, 1.165) is 23.0 Å². The second kappa shape index (κ2) is 4.70. The number of fused-ring (bicyclic) bond motifs is 2. The van der Waals surface area contributed by atoms with Gasteiger partial charge in [-0.2, -0.15) is 4.37 Å². The van der Waals surface area contributed by atoms with Crippen molar-refractivity contribution in [3.05, 3.63) is 5.82 Å². The molecule has 2 saturated heterocycles. The minimum atomic E-state index is 0.603. The van der Waals surface area contributed by atoms with Crippen LogP contribution in [0.1, 0.15) is 56.7 Å². The lowest BCUT2D eigenvalue weighted by Crippen LogP contribution is -2.52. The number of hydrogen-bond acceptors (Lipinski definition) is 5. The molecule has 0 spiro atoms. The lowest BCUT2D eigenvalue weighted by atomic mass is 9.82. The van der Waals surface area contributed by atoms with E-state index < -0.39 is 0 Å². The van der Waals surface area contributed by atoms with Crippen molar-refractivity contribution in [2.24, 2.45) is 0 Å². The number of rotatable bonds is 3. The van der Waals surface area contributed by atoms with Gasteiger partial charge in [0.1, 0.15) is 5.82 Å². The average Bonchev–Trinajstić information content (AvgIpc) is 3.12. The molecule has 104 valence electrons. The van der Waals surface area contributed by atoms with E-state index in [9.17, 15) is 0 Å². The monoisotopic (exact) mass is 278 g/mol. The van der Waals surface area contributed by atoms with Crippen molar-refractivity contribution >= 4 is 16.7 Å². The van der Waals surface area contributed by atoms with Crippen LogP contribution in [0.5, 0.6) is 0 Å². The molecule has 2 atom stereocenters. The Kier molecular flexibility index (Phi) is 2.99. The number of nitrogens with one attached hydrogen (secondary N) is 1. The van der Waals surface area contributed by atoms with Gasteiger partial charge in [0.25, 0.3) is 0 Å². The van der Waals surface area contributed by atoms with Gasteiger partial charge in [-0.15, -0.1) is 0 Å². The van der Waals surface area contributed by atoms with E-state index in [1.54, 1.807) is 11.5 Å². The van der Waals surface area contributed by atoms with Crippen LogP contribution in [0, 0.1) is 0 Å². The molecule has 19 heavy (non-hydrogen) atoms. The van der Waals surface area contributed by atoms with Crippen LogP contribution in [0.15, 0.2) is 0 Å². The van der Waals surface area contributed by atoms with Crippen LogP contribution in [-0.4, -0.2) is 39.4 Å². The zero-order valence-corrected chi connectivity index (χ0v) is 12.3. The predicted molar refractivity (Wildman–Crippen MR) is 77.7 cm³/mol. The van der Waals surface area contributed by atoms with Gasteiger partial charge in [-0.1, -0.05) is 6.42 Å². The van der Waals surface area contributed by atoms with Crippen LogP contribution >= 0.6 is 11.5 Å². The van der Waals surface area contributed by atoms with Crippen molar-refractivity contribution in [2.45, 2.75) is 69.0 Å². The molecular formula is C14H22N4S. The van der Waals surface area contributed by atoms with Crippen LogP contribution in [-0.2, 0) is 0 Å². The molecule has 4 nitrogen and oxygen atoms in total. The van der Waals surface area contributed by atoms with Gasteiger partial charge in [-0.05, 0) is 45.6 Å². The van der Waals surface area contributed by atoms with Gasteiger partial charge < -0.3 is 10.2 Å². The van der Waals surface area contributed by atoms with E-state index in [4.69, 9.17) is 0 Å². The number of nitrogens with zero attached hydrogens (tertiary/aromatic N) is 3. The summed E-state index contributed by atoms with van der Waals surface area (Å²) in [5, 5.41) is 4.70. The van der Waals surface area contributed by atoms with Crippen molar-refractivity contribution in [1.82, 2.24) is 14.3 Å². The smallest absolute Gasteiger partial charge is 0.202 e.